The third kappa shape index (κ3) is 4.22. The molecule has 0 spiro atoms. The van der Waals surface area contributed by atoms with Crippen molar-refractivity contribution in [3.8, 4) is 11.3 Å². The SMILES string of the molecule is CC(C)(c1cccc(C(=O)O)n1)c1cncc(-c2[c-]cc(F)nc2F)n1.[Pt]. The standard InChI is InChI=1S/C18H13F2N4O2.Pt/c1-18(2,13-5-3-4-11(22-13)17(25)26)14-9-21-8-12(23-14)10-6-7-15(19)24-16(10)20;/h3-5,7-9H,1-2H3,(H,25,26);/q-1;. The number of carboxylic acid groups (broad SMARTS) is 1. The van der Waals surface area contributed by atoms with E-state index >= 15 is 0 Å². The van der Waals surface area contributed by atoms with Crippen LogP contribution in [0.1, 0.15) is 35.7 Å². The van der Waals surface area contributed by atoms with Gasteiger partial charge >= 0.3 is 5.97 Å². The molecule has 0 saturated carbocycles. The predicted molar refractivity (Wildman–Crippen MR) is 87.3 cm³/mol. The van der Waals surface area contributed by atoms with Crippen molar-refractivity contribution >= 4 is 5.97 Å². The fourth-order valence-electron chi connectivity index (χ4n) is 2.37. The number of halogens is 2. The molecule has 3 aromatic heterocycles. The average molecular weight is 550 g/mol. The molecule has 3 rings (SSSR count). The van der Waals surface area contributed by atoms with Crippen molar-refractivity contribution in [2.75, 3.05) is 0 Å². The summed E-state index contributed by atoms with van der Waals surface area (Å²) in [5.41, 5.74) is 0.0200. The number of hydrogen-bond donors (Lipinski definition) is 1. The number of aromatic carboxylic acids is 1. The van der Waals surface area contributed by atoms with E-state index in [1.807, 2.05) is 0 Å². The van der Waals surface area contributed by atoms with Crippen LogP contribution in [0.2, 0.25) is 0 Å². The molecule has 3 heterocycles. The first-order valence-corrected chi connectivity index (χ1v) is 7.56. The normalized spacial score (nSPS) is 11.0. The number of rotatable bonds is 4. The summed E-state index contributed by atoms with van der Waals surface area (Å²) in [6, 6.07) is 8.01. The Kier molecular flexibility index (Phi) is 6.11. The van der Waals surface area contributed by atoms with E-state index in [4.69, 9.17) is 5.11 Å². The van der Waals surface area contributed by atoms with Crippen molar-refractivity contribution in [2.24, 2.45) is 0 Å². The summed E-state index contributed by atoms with van der Waals surface area (Å²) in [7, 11) is 0. The van der Waals surface area contributed by atoms with Crippen LogP contribution in [0.15, 0.2) is 36.7 Å². The van der Waals surface area contributed by atoms with Crippen LogP contribution in [0.5, 0.6) is 0 Å². The Morgan fingerprint density at radius 1 is 1.11 bits per heavy atom. The number of carboxylic acids is 1. The monoisotopic (exact) mass is 550 g/mol. The third-order valence-electron chi connectivity index (χ3n) is 3.89. The van der Waals surface area contributed by atoms with E-state index in [2.05, 4.69) is 26.0 Å². The Balaban J connectivity index is 0.00000261. The van der Waals surface area contributed by atoms with Gasteiger partial charge in [-0.2, -0.15) is 0 Å². The van der Waals surface area contributed by atoms with Gasteiger partial charge in [0.15, 0.2) is 0 Å². The molecule has 0 aromatic carbocycles. The molecule has 0 fully saturated rings. The van der Waals surface area contributed by atoms with Gasteiger partial charge in [-0.25, -0.2) is 18.6 Å². The molecule has 0 aliphatic carbocycles. The molecule has 0 atom stereocenters. The van der Waals surface area contributed by atoms with E-state index in [9.17, 15) is 13.6 Å². The molecule has 0 aliphatic rings. The molecule has 1 N–H and O–H groups in total. The van der Waals surface area contributed by atoms with Gasteiger partial charge in [0.2, 0.25) is 0 Å². The van der Waals surface area contributed by atoms with E-state index in [0.29, 0.717) is 11.4 Å². The number of hydrogen-bond acceptors (Lipinski definition) is 5. The molecule has 142 valence electrons. The van der Waals surface area contributed by atoms with Crippen LogP contribution < -0.4 is 0 Å². The maximum Gasteiger partial charge on any atom is 0.354 e. The van der Waals surface area contributed by atoms with Gasteiger partial charge in [0.05, 0.1) is 11.4 Å². The molecule has 0 aliphatic heterocycles. The molecular weight excluding hydrogens is 537 g/mol. The minimum absolute atomic E-state index is 0. The molecule has 6 nitrogen and oxygen atoms in total. The fourth-order valence-corrected chi connectivity index (χ4v) is 2.37. The minimum atomic E-state index is -1.14. The zero-order chi connectivity index (χ0) is 18.9. The topological polar surface area (TPSA) is 88.9 Å². The van der Waals surface area contributed by atoms with E-state index in [-0.39, 0.29) is 38.0 Å². The molecule has 0 radical (unpaired) electrons. The van der Waals surface area contributed by atoms with Crippen molar-refractivity contribution in [3.05, 3.63) is 71.7 Å². The summed E-state index contributed by atoms with van der Waals surface area (Å²) in [6.07, 6.45) is 2.79. The maximum absolute atomic E-state index is 13.9. The molecule has 0 bridgehead atoms. The number of carbonyl (C=O) groups is 1. The van der Waals surface area contributed by atoms with E-state index in [1.165, 1.54) is 18.5 Å². The van der Waals surface area contributed by atoms with E-state index in [0.717, 1.165) is 6.07 Å². The Morgan fingerprint density at radius 3 is 2.52 bits per heavy atom. The van der Waals surface area contributed by atoms with Crippen LogP contribution in [0, 0.1) is 18.0 Å². The van der Waals surface area contributed by atoms with E-state index in [1.54, 1.807) is 26.0 Å². The van der Waals surface area contributed by atoms with Gasteiger partial charge in [-0.3, -0.25) is 15.0 Å². The van der Waals surface area contributed by atoms with Crippen LogP contribution in [0.25, 0.3) is 11.3 Å². The molecule has 0 saturated heterocycles. The van der Waals surface area contributed by atoms with E-state index < -0.39 is 23.3 Å². The van der Waals surface area contributed by atoms with Gasteiger partial charge in [0, 0.05) is 44.6 Å². The largest absolute Gasteiger partial charge is 0.477 e. The predicted octanol–water partition coefficient (Wildman–Crippen LogP) is 3.03. The van der Waals surface area contributed by atoms with Crippen LogP contribution in [0.4, 0.5) is 8.78 Å². The molecule has 9 heteroatoms. The number of nitrogens with zero attached hydrogens (tertiary/aromatic N) is 4. The number of aromatic nitrogens is 4. The first kappa shape index (κ1) is 20.7. The Bertz CT molecular complexity index is 999. The first-order valence-electron chi connectivity index (χ1n) is 7.56. The Hall–Kier alpha value is -2.60. The van der Waals surface area contributed by atoms with Crippen LogP contribution in [-0.2, 0) is 26.5 Å². The summed E-state index contributed by atoms with van der Waals surface area (Å²) in [5.74, 6) is -3.16. The molecule has 27 heavy (non-hydrogen) atoms. The zero-order valence-electron chi connectivity index (χ0n) is 14.2. The van der Waals surface area contributed by atoms with Gasteiger partial charge in [-0.1, -0.05) is 17.7 Å². The third-order valence-corrected chi connectivity index (χ3v) is 3.89. The molecule has 3 aromatic rings. The average Bonchev–Trinajstić information content (AvgIpc) is 2.62. The minimum Gasteiger partial charge on any atom is -0.477 e. The van der Waals surface area contributed by atoms with Gasteiger partial charge in [0.25, 0.3) is 0 Å². The number of pyridine rings is 2. The summed E-state index contributed by atoms with van der Waals surface area (Å²) in [6.45, 7) is 3.58. The maximum atomic E-state index is 13.9. The quantitative estimate of drug-likeness (QED) is 0.397. The van der Waals surface area contributed by atoms with Crippen LogP contribution >= 0.6 is 0 Å². The van der Waals surface area contributed by atoms with Crippen molar-refractivity contribution < 1.29 is 39.7 Å². The van der Waals surface area contributed by atoms with Gasteiger partial charge in [-0.15, -0.1) is 6.07 Å². The van der Waals surface area contributed by atoms with Crippen LogP contribution in [-0.4, -0.2) is 31.0 Å². The smallest absolute Gasteiger partial charge is 0.354 e. The Morgan fingerprint density at radius 2 is 1.85 bits per heavy atom. The van der Waals surface area contributed by atoms with Gasteiger partial charge in [0.1, 0.15) is 17.6 Å². The second-order valence-corrected chi connectivity index (χ2v) is 6.02. The fraction of sp³-hybridized carbons (Fsp3) is 0.167. The second kappa shape index (κ2) is 7.96. The summed E-state index contributed by atoms with van der Waals surface area (Å²) >= 11 is 0. The molecule has 0 amide bonds. The van der Waals surface area contributed by atoms with Gasteiger partial charge in [-0.05, 0) is 26.0 Å². The second-order valence-electron chi connectivity index (χ2n) is 6.02. The summed E-state index contributed by atoms with van der Waals surface area (Å²) in [4.78, 5) is 26.8. The molecule has 0 unspecified atom stereocenters. The summed E-state index contributed by atoms with van der Waals surface area (Å²) < 4.78 is 26.9. The van der Waals surface area contributed by atoms with Crippen molar-refractivity contribution in [1.82, 2.24) is 19.9 Å². The van der Waals surface area contributed by atoms with Crippen molar-refractivity contribution in [1.29, 1.82) is 0 Å². The summed E-state index contributed by atoms with van der Waals surface area (Å²) in [5, 5.41) is 9.12. The van der Waals surface area contributed by atoms with Gasteiger partial charge < -0.3 is 5.11 Å². The molecular formula is C18H13F2N4O2Pt-. The first-order chi connectivity index (χ1) is 12.3. The van der Waals surface area contributed by atoms with Crippen molar-refractivity contribution in [3.63, 3.8) is 0 Å². The van der Waals surface area contributed by atoms with Crippen molar-refractivity contribution in [2.45, 2.75) is 19.3 Å². The van der Waals surface area contributed by atoms with Crippen LogP contribution in [0.3, 0.4) is 0 Å². The Labute approximate surface area is 168 Å². The zero-order valence-corrected chi connectivity index (χ0v) is 16.5.